The van der Waals surface area contributed by atoms with E-state index in [9.17, 15) is 9.90 Å². The molecule has 1 rings (SSSR count). The lowest BCUT2D eigenvalue weighted by Gasteiger charge is -2.26. The van der Waals surface area contributed by atoms with Crippen LogP contribution in [0.15, 0.2) is 16.9 Å². The van der Waals surface area contributed by atoms with E-state index in [0.29, 0.717) is 5.92 Å². The molecule has 1 N–H and O–H groups in total. The van der Waals surface area contributed by atoms with Gasteiger partial charge in [-0.05, 0) is 19.8 Å². The monoisotopic (exact) mass is 209 g/mol. The minimum absolute atomic E-state index is 0.0293. The summed E-state index contributed by atoms with van der Waals surface area (Å²) in [4.78, 5) is 11.3. The van der Waals surface area contributed by atoms with E-state index in [2.05, 4.69) is 13.8 Å². The molecule has 1 heterocycles. The highest BCUT2D eigenvalue weighted by Crippen LogP contribution is 2.20. The average molecular weight is 209 g/mol. The lowest BCUT2D eigenvalue weighted by Crippen LogP contribution is -2.24. The largest absolute Gasteiger partial charge is 0.394 e. The Morgan fingerprint density at radius 3 is 2.07 bits per heavy atom. The van der Waals surface area contributed by atoms with Crippen molar-refractivity contribution in [2.75, 3.05) is 6.61 Å². The summed E-state index contributed by atoms with van der Waals surface area (Å²) < 4.78 is 2.03. The third-order valence-corrected chi connectivity index (χ3v) is 2.75. The third-order valence-electron chi connectivity index (χ3n) is 2.75. The number of rotatable bonds is 3. The maximum absolute atomic E-state index is 11.3. The zero-order valence-electron chi connectivity index (χ0n) is 9.82. The predicted octanol–water partition coefficient (Wildman–Crippen LogP) is 1.65. The van der Waals surface area contributed by atoms with Gasteiger partial charge in [-0.25, -0.2) is 0 Å². The fraction of sp³-hybridized carbons (Fsp3) is 0.583. The highest BCUT2D eigenvalue weighted by Gasteiger charge is 2.16. The summed E-state index contributed by atoms with van der Waals surface area (Å²) in [7, 11) is 0. The van der Waals surface area contributed by atoms with E-state index in [-0.39, 0.29) is 18.1 Å². The van der Waals surface area contributed by atoms with E-state index in [1.165, 1.54) is 0 Å². The van der Waals surface area contributed by atoms with Gasteiger partial charge in [0.1, 0.15) is 0 Å². The second-order valence-corrected chi connectivity index (χ2v) is 4.34. The van der Waals surface area contributed by atoms with Crippen molar-refractivity contribution in [2.24, 2.45) is 5.92 Å². The van der Waals surface area contributed by atoms with Gasteiger partial charge in [0.05, 0.1) is 12.6 Å². The Bertz CT molecular complexity index is 367. The molecule has 0 bridgehead atoms. The molecule has 0 unspecified atom stereocenters. The topological polar surface area (TPSA) is 42.2 Å². The number of aryl methyl sites for hydroxylation is 2. The van der Waals surface area contributed by atoms with E-state index in [4.69, 9.17) is 0 Å². The molecule has 0 amide bonds. The molecular formula is C12H19NO2. The fourth-order valence-corrected chi connectivity index (χ4v) is 1.98. The minimum atomic E-state index is 0.0293. The van der Waals surface area contributed by atoms with Crippen LogP contribution in [0.1, 0.15) is 31.3 Å². The van der Waals surface area contributed by atoms with E-state index in [1.54, 1.807) is 12.1 Å². The average Bonchev–Trinajstić information content (AvgIpc) is 2.09. The molecule has 0 aliphatic heterocycles. The van der Waals surface area contributed by atoms with Gasteiger partial charge in [0.15, 0.2) is 5.43 Å². The normalized spacial score (nSPS) is 13.2. The lowest BCUT2D eigenvalue weighted by molar-refractivity contribution is 0.189. The van der Waals surface area contributed by atoms with Crippen LogP contribution < -0.4 is 5.43 Å². The van der Waals surface area contributed by atoms with Crippen LogP contribution in [0.2, 0.25) is 0 Å². The van der Waals surface area contributed by atoms with Gasteiger partial charge in [-0.1, -0.05) is 13.8 Å². The number of nitrogens with zero attached hydrogens (tertiary/aromatic N) is 1. The number of aliphatic hydroxyl groups is 1. The molecule has 3 nitrogen and oxygen atoms in total. The van der Waals surface area contributed by atoms with E-state index >= 15 is 0 Å². The molecule has 0 aromatic carbocycles. The molecule has 3 heteroatoms. The van der Waals surface area contributed by atoms with Crippen LogP contribution in [-0.4, -0.2) is 16.3 Å². The van der Waals surface area contributed by atoms with Crippen LogP contribution in [0, 0.1) is 19.8 Å². The van der Waals surface area contributed by atoms with Gasteiger partial charge in [-0.3, -0.25) is 4.79 Å². The first kappa shape index (κ1) is 12.0. The van der Waals surface area contributed by atoms with Crippen molar-refractivity contribution in [3.8, 4) is 0 Å². The van der Waals surface area contributed by atoms with Crippen molar-refractivity contribution in [1.82, 2.24) is 4.57 Å². The first-order valence-corrected chi connectivity index (χ1v) is 5.28. The molecule has 0 saturated heterocycles. The molecule has 0 radical (unpaired) electrons. The van der Waals surface area contributed by atoms with Gasteiger partial charge in [0, 0.05) is 23.5 Å². The van der Waals surface area contributed by atoms with Crippen molar-refractivity contribution in [3.63, 3.8) is 0 Å². The summed E-state index contributed by atoms with van der Waals surface area (Å²) in [6, 6.07) is 3.27. The van der Waals surface area contributed by atoms with Crippen LogP contribution >= 0.6 is 0 Å². The highest BCUT2D eigenvalue weighted by atomic mass is 16.3. The first-order valence-electron chi connectivity index (χ1n) is 5.28. The fourth-order valence-electron chi connectivity index (χ4n) is 1.98. The van der Waals surface area contributed by atoms with E-state index in [1.807, 2.05) is 18.4 Å². The summed E-state index contributed by atoms with van der Waals surface area (Å²) in [6.07, 6.45) is 0. The smallest absolute Gasteiger partial charge is 0.182 e. The van der Waals surface area contributed by atoms with Crippen LogP contribution in [0.5, 0.6) is 0 Å². The Morgan fingerprint density at radius 2 is 1.73 bits per heavy atom. The van der Waals surface area contributed by atoms with Crippen molar-refractivity contribution >= 4 is 0 Å². The second-order valence-electron chi connectivity index (χ2n) is 4.34. The van der Waals surface area contributed by atoms with Crippen LogP contribution in [0.25, 0.3) is 0 Å². The second kappa shape index (κ2) is 4.62. The Hall–Kier alpha value is -1.09. The molecule has 0 saturated carbocycles. The van der Waals surface area contributed by atoms with Gasteiger partial charge >= 0.3 is 0 Å². The Morgan fingerprint density at radius 1 is 1.27 bits per heavy atom. The number of aromatic nitrogens is 1. The molecule has 84 valence electrons. The van der Waals surface area contributed by atoms with Crippen LogP contribution in [0.3, 0.4) is 0 Å². The van der Waals surface area contributed by atoms with Crippen molar-refractivity contribution < 1.29 is 5.11 Å². The zero-order chi connectivity index (χ0) is 11.6. The Balaban J connectivity index is 3.29. The lowest BCUT2D eigenvalue weighted by atomic mass is 10.0. The molecular weight excluding hydrogens is 190 g/mol. The van der Waals surface area contributed by atoms with Gasteiger partial charge < -0.3 is 9.67 Å². The summed E-state index contributed by atoms with van der Waals surface area (Å²) in [6.45, 7) is 8.04. The van der Waals surface area contributed by atoms with E-state index in [0.717, 1.165) is 11.4 Å². The van der Waals surface area contributed by atoms with Gasteiger partial charge in [0.25, 0.3) is 0 Å². The summed E-state index contributed by atoms with van der Waals surface area (Å²) >= 11 is 0. The number of pyridine rings is 1. The van der Waals surface area contributed by atoms with Crippen molar-refractivity contribution in [3.05, 3.63) is 33.7 Å². The van der Waals surface area contributed by atoms with Crippen molar-refractivity contribution in [1.29, 1.82) is 0 Å². The van der Waals surface area contributed by atoms with Gasteiger partial charge in [-0.15, -0.1) is 0 Å². The zero-order valence-corrected chi connectivity index (χ0v) is 9.82. The number of aliphatic hydroxyl groups excluding tert-OH is 1. The maximum Gasteiger partial charge on any atom is 0.182 e. The SMILES string of the molecule is Cc1cc(=O)cc(C)n1[C@@H](CO)C(C)C. The summed E-state index contributed by atoms with van der Waals surface area (Å²) in [5.74, 6) is 0.343. The molecule has 15 heavy (non-hydrogen) atoms. The molecule has 0 spiro atoms. The minimum Gasteiger partial charge on any atom is -0.394 e. The number of hydrogen-bond donors (Lipinski definition) is 1. The molecule has 1 atom stereocenters. The maximum atomic E-state index is 11.3. The Labute approximate surface area is 90.4 Å². The first-order chi connectivity index (χ1) is 6.97. The van der Waals surface area contributed by atoms with Gasteiger partial charge in [0.2, 0.25) is 0 Å². The summed E-state index contributed by atoms with van der Waals surface area (Å²) in [5, 5.41) is 9.37. The molecule has 0 fully saturated rings. The Kier molecular flexibility index (Phi) is 3.69. The van der Waals surface area contributed by atoms with Crippen molar-refractivity contribution in [2.45, 2.75) is 33.7 Å². The quantitative estimate of drug-likeness (QED) is 0.822. The van der Waals surface area contributed by atoms with Crippen LogP contribution in [-0.2, 0) is 0 Å². The molecule has 0 aliphatic carbocycles. The molecule has 1 aromatic rings. The molecule has 0 aliphatic rings. The highest BCUT2D eigenvalue weighted by molar-refractivity contribution is 5.13. The molecule has 1 aromatic heterocycles. The standard InChI is InChI=1S/C12H19NO2/c1-8(2)12(7-14)13-9(3)5-11(15)6-10(13)4/h5-6,8,12,14H,7H2,1-4H3/t12-/m0/s1. The number of hydrogen-bond acceptors (Lipinski definition) is 2. The third kappa shape index (κ3) is 2.48. The predicted molar refractivity (Wildman–Crippen MR) is 61.1 cm³/mol. The van der Waals surface area contributed by atoms with Gasteiger partial charge in [-0.2, -0.15) is 0 Å². The van der Waals surface area contributed by atoms with E-state index < -0.39 is 0 Å². The summed E-state index contributed by atoms with van der Waals surface area (Å²) in [5.41, 5.74) is 1.85. The van der Waals surface area contributed by atoms with Crippen LogP contribution in [0.4, 0.5) is 0 Å².